The van der Waals surface area contributed by atoms with Gasteiger partial charge in [0.05, 0.1) is 4.90 Å². The molecule has 1 heterocycles. The number of allylic oxidation sites excluding steroid dienone is 1. The minimum Gasteiger partial charge on any atom is -0.300 e. The van der Waals surface area contributed by atoms with Crippen molar-refractivity contribution in [3.8, 4) is 0 Å². The highest BCUT2D eigenvalue weighted by molar-refractivity contribution is 7.89. The lowest BCUT2D eigenvalue weighted by Gasteiger charge is -2.25. The van der Waals surface area contributed by atoms with Crippen molar-refractivity contribution >= 4 is 21.6 Å². The molecule has 1 saturated heterocycles. The molecule has 116 valence electrons. The van der Waals surface area contributed by atoms with Gasteiger partial charge in [-0.25, -0.2) is 13.6 Å². The van der Waals surface area contributed by atoms with E-state index in [-0.39, 0.29) is 4.90 Å². The summed E-state index contributed by atoms with van der Waals surface area (Å²) < 4.78 is 22.4. The van der Waals surface area contributed by atoms with Crippen LogP contribution >= 0.6 is 11.6 Å². The van der Waals surface area contributed by atoms with Gasteiger partial charge in [-0.15, -0.1) is 0 Å². The van der Waals surface area contributed by atoms with E-state index in [0.717, 1.165) is 30.2 Å². The van der Waals surface area contributed by atoms with Crippen LogP contribution in [-0.4, -0.2) is 33.0 Å². The van der Waals surface area contributed by atoms with Crippen LogP contribution in [0.1, 0.15) is 24.8 Å². The number of hydrogen-bond acceptors (Lipinski definition) is 3. The van der Waals surface area contributed by atoms with E-state index in [2.05, 4.69) is 4.90 Å². The van der Waals surface area contributed by atoms with Crippen molar-refractivity contribution in [3.63, 3.8) is 0 Å². The number of sulfonamides is 1. The van der Waals surface area contributed by atoms with Gasteiger partial charge in [-0.1, -0.05) is 36.2 Å². The number of piperidine rings is 1. The monoisotopic (exact) mass is 328 g/mol. The van der Waals surface area contributed by atoms with Crippen molar-refractivity contribution in [2.75, 3.05) is 19.6 Å². The zero-order valence-corrected chi connectivity index (χ0v) is 13.5. The summed E-state index contributed by atoms with van der Waals surface area (Å²) in [6.07, 6.45) is 6.51. The standard InChI is InChI=1S/C15H21ClN2O2S/c16-14(8-11-18-9-2-1-3-10-18)12-13-4-6-15(7-5-13)21(17,19)20/h4-8H,1-3,9-12H2,(H2,17,19,20)/b14-8-. The highest BCUT2D eigenvalue weighted by Gasteiger charge is 2.09. The first-order valence-electron chi connectivity index (χ1n) is 7.14. The predicted molar refractivity (Wildman–Crippen MR) is 85.7 cm³/mol. The summed E-state index contributed by atoms with van der Waals surface area (Å²) in [5.74, 6) is 0. The number of rotatable bonds is 5. The van der Waals surface area contributed by atoms with Gasteiger partial charge in [0.2, 0.25) is 10.0 Å². The van der Waals surface area contributed by atoms with Crippen molar-refractivity contribution in [1.29, 1.82) is 0 Å². The van der Waals surface area contributed by atoms with Gasteiger partial charge in [0.15, 0.2) is 0 Å². The zero-order chi connectivity index (χ0) is 15.3. The molecule has 0 unspecified atom stereocenters. The minimum absolute atomic E-state index is 0.125. The van der Waals surface area contributed by atoms with Crippen molar-refractivity contribution in [2.24, 2.45) is 5.14 Å². The Morgan fingerprint density at radius 1 is 1.19 bits per heavy atom. The Bertz CT molecular complexity index is 591. The number of primary sulfonamides is 1. The molecule has 0 radical (unpaired) electrons. The lowest BCUT2D eigenvalue weighted by Crippen LogP contribution is -2.29. The number of benzene rings is 1. The van der Waals surface area contributed by atoms with E-state index in [1.807, 2.05) is 6.08 Å². The van der Waals surface area contributed by atoms with E-state index in [0.29, 0.717) is 6.42 Å². The van der Waals surface area contributed by atoms with Crippen LogP contribution in [0.25, 0.3) is 0 Å². The zero-order valence-electron chi connectivity index (χ0n) is 12.0. The summed E-state index contributed by atoms with van der Waals surface area (Å²) in [7, 11) is -3.63. The van der Waals surface area contributed by atoms with Gasteiger partial charge >= 0.3 is 0 Å². The highest BCUT2D eigenvalue weighted by Crippen LogP contribution is 2.15. The Morgan fingerprint density at radius 3 is 2.38 bits per heavy atom. The van der Waals surface area contributed by atoms with Gasteiger partial charge in [-0.2, -0.15) is 0 Å². The quantitative estimate of drug-likeness (QED) is 0.903. The van der Waals surface area contributed by atoms with Crippen LogP contribution in [0, 0.1) is 0 Å². The van der Waals surface area contributed by atoms with Crippen molar-refractivity contribution < 1.29 is 8.42 Å². The molecule has 0 atom stereocenters. The fourth-order valence-electron chi connectivity index (χ4n) is 2.43. The fraction of sp³-hybridized carbons (Fsp3) is 0.467. The molecule has 0 bridgehead atoms. The molecular formula is C15H21ClN2O2S. The smallest absolute Gasteiger partial charge is 0.238 e. The average Bonchev–Trinajstić information content (AvgIpc) is 2.46. The molecular weight excluding hydrogens is 308 g/mol. The lowest BCUT2D eigenvalue weighted by molar-refractivity contribution is 0.251. The molecule has 0 spiro atoms. The number of hydrogen-bond donors (Lipinski definition) is 1. The van der Waals surface area contributed by atoms with Gasteiger partial charge < -0.3 is 0 Å². The van der Waals surface area contributed by atoms with Crippen LogP contribution in [0.15, 0.2) is 40.3 Å². The fourth-order valence-corrected chi connectivity index (χ4v) is 3.17. The maximum Gasteiger partial charge on any atom is 0.238 e. The summed E-state index contributed by atoms with van der Waals surface area (Å²) in [5, 5.41) is 5.85. The van der Waals surface area contributed by atoms with E-state index < -0.39 is 10.0 Å². The van der Waals surface area contributed by atoms with Crippen molar-refractivity contribution in [3.05, 3.63) is 40.9 Å². The van der Waals surface area contributed by atoms with Gasteiger partial charge in [0.25, 0.3) is 0 Å². The van der Waals surface area contributed by atoms with Gasteiger partial charge in [-0.05, 0) is 43.6 Å². The molecule has 4 nitrogen and oxygen atoms in total. The summed E-state index contributed by atoms with van der Waals surface area (Å²) in [6.45, 7) is 3.17. The van der Waals surface area contributed by atoms with Crippen molar-refractivity contribution in [2.45, 2.75) is 30.6 Å². The molecule has 1 aliphatic rings. The minimum atomic E-state index is -3.63. The first-order valence-corrected chi connectivity index (χ1v) is 9.06. The van der Waals surface area contributed by atoms with E-state index >= 15 is 0 Å². The van der Waals surface area contributed by atoms with Gasteiger partial charge in [-0.3, -0.25) is 4.90 Å². The molecule has 0 amide bonds. The molecule has 2 N–H and O–H groups in total. The summed E-state index contributed by atoms with van der Waals surface area (Å²) in [4.78, 5) is 2.52. The average molecular weight is 329 g/mol. The summed E-state index contributed by atoms with van der Waals surface area (Å²) >= 11 is 6.26. The highest BCUT2D eigenvalue weighted by atomic mass is 35.5. The third kappa shape index (κ3) is 5.43. The third-order valence-corrected chi connectivity index (χ3v) is 4.86. The van der Waals surface area contributed by atoms with Crippen LogP contribution in [-0.2, 0) is 16.4 Å². The molecule has 2 rings (SSSR count). The molecule has 1 aromatic carbocycles. The number of halogens is 1. The third-order valence-electron chi connectivity index (χ3n) is 3.64. The van der Waals surface area contributed by atoms with Crippen LogP contribution in [0.2, 0.25) is 0 Å². The number of nitrogens with two attached hydrogens (primary N) is 1. The first kappa shape index (κ1) is 16.5. The van der Waals surface area contributed by atoms with Crippen LogP contribution < -0.4 is 5.14 Å². The first-order chi connectivity index (χ1) is 9.95. The maximum atomic E-state index is 11.2. The maximum absolute atomic E-state index is 11.2. The Kier molecular flexibility index (Phi) is 5.81. The molecule has 0 aliphatic carbocycles. The Balaban J connectivity index is 1.91. The molecule has 1 aromatic rings. The lowest BCUT2D eigenvalue weighted by atomic mass is 10.1. The number of nitrogens with zero attached hydrogens (tertiary/aromatic N) is 1. The predicted octanol–water partition coefficient (Wildman–Crippen LogP) is 2.49. The Morgan fingerprint density at radius 2 is 1.81 bits per heavy atom. The van der Waals surface area contributed by atoms with Gasteiger partial charge in [0.1, 0.15) is 0 Å². The second-order valence-electron chi connectivity index (χ2n) is 5.38. The van der Waals surface area contributed by atoms with Crippen LogP contribution in [0.4, 0.5) is 0 Å². The van der Waals surface area contributed by atoms with E-state index in [1.165, 1.54) is 31.4 Å². The second kappa shape index (κ2) is 7.40. The normalized spacial score (nSPS) is 17.9. The van der Waals surface area contributed by atoms with E-state index in [1.54, 1.807) is 12.1 Å². The number of likely N-dealkylation sites (tertiary alicyclic amines) is 1. The second-order valence-corrected chi connectivity index (χ2v) is 7.42. The van der Waals surface area contributed by atoms with Gasteiger partial charge in [0, 0.05) is 18.0 Å². The SMILES string of the molecule is NS(=O)(=O)c1ccc(C/C(Cl)=C/CN2CCCCC2)cc1. The molecule has 6 heteroatoms. The molecule has 1 aliphatic heterocycles. The summed E-state index contributed by atoms with van der Waals surface area (Å²) in [6, 6.07) is 6.52. The molecule has 0 aromatic heterocycles. The molecule has 0 saturated carbocycles. The summed E-state index contributed by atoms with van der Waals surface area (Å²) in [5.41, 5.74) is 0.974. The molecule has 1 fully saturated rings. The largest absolute Gasteiger partial charge is 0.300 e. The van der Waals surface area contributed by atoms with E-state index in [4.69, 9.17) is 16.7 Å². The Labute approximate surface area is 131 Å². The van der Waals surface area contributed by atoms with Crippen molar-refractivity contribution in [1.82, 2.24) is 4.90 Å². The van der Waals surface area contributed by atoms with E-state index in [9.17, 15) is 8.42 Å². The van der Waals surface area contributed by atoms with Crippen LogP contribution in [0.3, 0.4) is 0 Å². The topological polar surface area (TPSA) is 63.4 Å². The molecule has 21 heavy (non-hydrogen) atoms. The Hall–Kier alpha value is -0.880. The van der Waals surface area contributed by atoms with Crippen LogP contribution in [0.5, 0.6) is 0 Å².